The molecule has 0 fully saturated rings. The van der Waals surface area contributed by atoms with Gasteiger partial charge >= 0.3 is 0 Å². The van der Waals surface area contributed by atoms with Crippen molar-refractivity contribution >= 4 is 11.9 Å². The van der Waals surface area contributed by atoms with Gasteiger partial charge in [-0.25, -0.2) is 0 Å². The van der Waals surface area contributed by atoms with Gasteiger partial charge < -0.3 is 4.74 Å². The monoisotopic (exact) mass is 276 g/mol. The molecule has 1 aliphatic rings. The third kappa shape index (κ3) is 3.29. The molecule has 104 valence electrons. The Hall–Kier alpha value is -2.61. The molecule has 2 aromatic rings. The standard InChI is InChI=1S/C19H16O2/c20-19-17(13-15-7-3-1-4-8-15)11-12-18(19)21-14-16-9-5-2-6-10-16/h1-10,12-13H,11,14H2/b17-13-. The summed E-state index contributed by atoms with van der Waals surface area (Å²) in [7, 11) is 0. The third-order valence-electron chi connectivity index (χ3n) is 3.40. The summed E-state index contributed by atoms with van der Waals surface area (Å²) in [6.07, 6.45) is 4.43. The molecule has 0 aromatic heterocycles. The van der Waals surface area contributed by atoms with E-state index >= 15 is 0 Å². The van der Waals surface area contributed by atoms with Gasteiger partial charge in [0.15, 0.2) is 5.76 Å². The maximum absolute atomic E-state index is 12.3. The average molecular weight is 276 g/mol. The van der Waals surface area contributed by atoms with Crippen LogP contribution in [0.5, 0.6) is 0 Å². The number of carbonyl (C=O) groups excluding carboxylic acids is 1. The van der Waals surface area contributed by atoms with Crippen molar-refractivity contribution in [3.05, 3.63) is 89.2 Å². The number of rotatable bonds is 4. The Morgan fingerprint density at radius 3 is 2.33 bits per heavy atom. The SMILES string of the molecule is O=C1C(OCc2ccccc2)=CC/C1=C/c1ccccc1. The van der Waals surface area contributed by atoms with Gasteiger partial charge in [-0.2, -0.15) is 0 Å². The number of Topliss-reactive ketones (excluding diaryl/α,β-unsaturated/α-hetero) is 1. The molecule has 1 aliphatic carbocycles. The number of benzene rings is 2. The fourth-order valence-corrected chi connectivity index (χ4v) is 2.28. The van der Waals surface area contributed by atoms with E-state index in [0.29, 0.717) is 18.8 Å². The fourth-order valence-electron chi connectivity index (χ4n) is 2.28. The molecule has 0 atom stereocenters. The fraction of sp³-hybridized carbons (Fsp3) is 0.105. The summed E-state index contributed by atoms with van der Waals surface area (Å²) in [5.74, 6) is 0.454. The molecule has 0 N–H and O–H groups in total. The van der Waals surface area contributed by atoms with Crippen LogP contribution in [0.15, 0.2) is 78.1 Å². The van der Waals surface area contributed by atoms with E-state index in [-0.39, 0.29) is 5.78 Å². The van der Waals surface area contributed by atoms with Crippen LogP contribution in [0.4, 0.5) is 0 Å². The average Bonchev–Trinajstić information content (AvgIpc) is 2.88. The summed E-state index contributed by atoms with van der Waals surface area (Å²) in [5.41, 5.74) is 2.88. The molecule has 2 nitrogen and oxygen atoms in total. The maximum atomic E-state index is 12.3. The number of hydrogen-bond acceptors (Lipinski definition) is 2. The van der Waals surface area contributed by atoms with Gasteiger partial charge in [-0.05, 0) is 29.7 Å². The highest BCUT2D eigenvalue weighted by Crippen LogP contribution is 2.24. The second-order valence-electron chi connectivity index (χ2n) is 4.96. The predicted octanol–water partition coefficient (Wildman–Crippen LogP) is 4.14. The lowest BCUT2D eigenvalue weighted by molar-refractivity contribution is -0.115. The molecule has 0 unspecified atom stereocenters. The maximum Gasteiger partial charge on any atom is 0.223 e. The molecule has 0 bridgehead atoms. The molecule has 2 aromatic carbocycles. The molecular weight excluding hydrogens is 260 g/mol. The lowest BCUT2D eigenvalue weighted by atomic mass is 10.1. The highest BCUT2D eigenvalue weighted by atomic mass is 16.5. The Morgan fingerprint density at radius 2 is 1.62 bits per heavy atom. The Labute approximate surface area is 124 Å². The first-order valence-corrected chi connectivity index (χ1v) is 7.00. The van der Waals surface area contributed by atoms with Gasteiger partial charge in [-0.3, -0.25) is 4.79 Å². The first-order valence-electron chi connectivity index (χ1n) is 7.00. The van der Waals surface area contributed by atoms with Crippen molar-refractivity contribution < 1.29 is 9.53 Å². The normalized spacial score (nSPS) is 16.1. The van der Waals surface area contributed by atoms with Gasteiger partial charge in [-0.1, -0.05) is 60.7 Å². The third-order valence-corrected chi connectivity index (χ3v) is 3.40. The highest BCUT2D eigenvalue weighted by Gasteiger charge is 2.22. The van der Waals surface area contributed by atoms with Crippen molar-refractivity contribution in [3.8, 4) is 0 Å². The Bertz CT molecular complexity index is 682. The van der Waals surface area contributed by atoms with E-state index in [9.17, 15) is 4.79 Å². The number of ketones is 1. The minimum Gasteiger partial charge on any atom is -0.485 e. The molecule has 0 saturated carbocycles. The molecule has 3 rings (SSSR count). The summed E-state index contributed by atoms with van der Waals surface area (Å²) >= 11 is 0. The molecular formula is C19H16O2. The van der Waals surface area contributed by atoms with Crippen LogP contribution in [-0.2, 0) is 16.1 Å². The summed E-state index contributed by atoms with van der Waals surface area (Å²) in [5, 5.41) is 0. The lowest BCUT2D eigenvalue weighted by Gasteiger charge is -2.06. The van der Waals surface area contributed by atoms with Crippen molar-refractivity contribution in [2.24, 2.45) is 0 Å². The van der Waals surface area contributed by atoms with E-state index in [2.05, 4.69) is 0 Å². The zero-order valence-electron chi connectivity index (χ0n) is 11.7. The second-order valence-corrected chi connectivity index (χ2v) is 4.96. The lowest BCUT2D eigenvalue weighted by Crippen LogP contribution is -2.03. The Kier molecular flexibility index (Phi) is 3.97. The van der Waals surface area contributed by atoms with Crippen LogP contribution >= 0.6 is 0 Å². The van der Waals surface area contributed by atoms with Crippen LogP contribution < -0.4 is 0 Å². The van der Waals surface area contributed by atoms with Gasteiger partial charge in [0.25, 0.3) is 0 Å². The number of hydrogen-bond donors (Lipinski definition) is 0. The van der Waals surface area contributed by atoms with E-state index in [0.717, 1.165) is 16.7 Å². The predicted molar refractivity (Wildman–Crippen MR) is 83.4 cm³/mol. The van der Waals surface area contributed by atoms with Crippen LogP contribution in [0, 0.1) is 0 Å². The first kappa shape index (κ1) is 13.4. The quantitative estimate of drug-likeness (QED) is 0.784. The smallest absolute Gasteiger partial charge is 0.223 e. The summed E-state index contributed by atoms with van der Waals surface area (Å²) < 4.78 is 5.64. The number of carbonyl (C=O) groups is 1. The summed E-state index contributed by atoms with van der Waals surface area (Å²) in [6.45, 7) is 0.428. The number of allylic oxidation sites excluding steroid dienone is 2. The van der Waals surface area contributed by atoms with E-state index in [1.807, 2.05) is 72.8 Å². The zero-order chi connectivity index (χ0) is 14.5. The molecule has 0 heterocycles. The Balaban J connectivity index is 1.65. The second kappa shape index (κ2) is 6.23. The van der Waals surface area contributed by atoms with E-state index in [4.69, 9.17) is 4.74 Å². The van der Waals surface area contributed by atoms with Gasteiger partial charge in [0, 0.05) is 5.57 Å². The van der Waals surface area contributed by atoms with Crippen LogP contribution in [0.3, 0.4) is 0 Å². The van der Waals surface area contributed by atoms with Crippen molar-refractivity contribution in [2.75, 3.05) is 0 Å². The van der Waals surface area contributed by atoms with Gasteiger partial charge in [-0.15, -0.1) is 0 Å². The largest absolute Gasteiger partial charge is 0.485 e. The molecule has 0 amide bonds. The van der Waals surface area contributed by atoms with Crippen molar-refractivity contribution in [3.63, 3.8) is 0 Å². The molecule has 0 radical (unpaired) electrons. The molecule has 2 heteroatoms. The van der Waals surface area contributed by atoms with Gasteiger partial charge in [0.1, 0.15) is 6.61 Å². The van der Waals surface area contributed by atoms with Crippen LogP contribution in [-0.4, -0.2) is 5.78 Å². The first-order chi connectivity index (χ1) is 10.3. The van der Waals surface area contributed by atoms with Gasteiger partial charge in [0.2, 0.25) is 5.78 Å². The number of ether oxygens (including phenoxy) is 1. The van der Waals surface area contributed by atoms with Crippen molar-refractivity contribution in [1.29, 1.82) is 0 Å². The van der Waals surface area contributed by atoms with E-state index < -0.39 is 0 Å². The molecule has 0 aliphatic heterocycles. The topological polar surface area (TPSA) is 26.3 Å². The minimum atomic E-state index is -0.00483. The molecule has 0 saturated heterocycles. The van der Waals surface area contributed by atoms with Crippen LogP contribution in [0.25, 0.3) is 6.08 Å². The summed E-state index contributed by atoms with van der Waals surface area (Å²) in [6, 6.07) is 19.7. The summed E-state index contributed by atoms with van der Waals surface area (Å²) in [4.78, 5) is 12.3. The highest BCUT2D eigenvalue weighted by molar-refractivity contribution is 6.12. The van der Waals surface area contributed by atoms with Crippen molar-refractivity contribution in [1.82, 2.24) is 0 Å². The Morgan fingerprint density at radius 1 is 0.952 bits per heavy atom. The van der Waals surface area contributed by atoms with Gasteiger partial charge in [0.05, 0.1) is 0 Å². The minimum absolute atomic E-state index is 0.00483. The molecule has 0 spiro atoms. The molecule has 21 heavy (non-hydrogen) atoms. The zero-order valence-corrected chi connectivity index (χ0v) is 11.7. The van der Waals surface area contributed by atoms with Crippen molar-refractivity contribution in [2.45, 2.75) is 13.0 Å². The van der Waals surface area contributed by atoms with Crippen LogP contribution in [0.1, 0.15) is 17.5 Å². The van der Waals surface area contributed by atoms with Crippen LogP contribution in [0.2, 0.25) is 0 Å². The van der Waals surface area contributed by atoms with E-state index in [1.165, 1.54) is 0 Å². The van der Waals surface area contributed by atoms with E-state index in [1.54, 1.807) is 0 Å².